The molecular formula is C14H16BBr3N2O6. The van der Waals surface area contributed by atoms with Crippen LogP contribution in [0.4, 0.5) is 0 Å². The van der Waals surface area contributed by atoms with E-state index in [2.05, 4.69) is 52.0 Å². The molecule has 12 heteroatoms. The molecule has 0 aliphatic heterocycles. The summed E-state index contributed by atoms with van der Waals surface area (Å²) >= 11 is 9.31. The van der Waals surface area contributed by atoms with Crippen molar-refractivity contribution in [3.63, 3.8) is 0 Å². The second kappa shape index (κ2) is 10.3. The first-order valence-electron chi connectivity index (χ1n) is 7.47. The Morgan fingerprint density at radius 1 is 1.19 bits per heavy atom. The van der Waals surface area contributed by atoms with Gasteiger partial charge in [-0.2, -0.15) is 0 Å². The number of aryl methyl sites for hydroxylation is 2. The Kier molecular flexibility index (Phi) is 9.04. The number of aromatic nitrogens is 2. The Morgan fingerprint density at radius 2 is 1.77 bits per heavy atom. The maximum Gasteiger partial charge on any atom is 0.369 e. The van der Waals surface area contributed by atoms with Crippen molar-refractivity contribution in [2.45, 2.75) is 33.4 Å². The Balaban J connectivity index is 0.000000765. The third-order valence-electron chi connectivity index (χ3n) is 3.40. The molecule has 0 unspecified atom stereocenters. The van der Waals surface area contributed by atoms with E-state index in [9.17, 15) is 19.2 Å². The number of carbonyl (C=O) groups is 1. The Morgan fingerprint density at radius 3 is 2.23 bits per heavy atom. The quantitative estimate of drug-likeness (QED) is 0.421. The molecule has 8 nitrogen and oxygen atoms in total. The van der Waals surface area contributed by atoms with Crippen molar-refractivity contribution in [1.29, 1.82) is 0 Å². The van der Waals surface area contributed by atoms with E-state index in [1.54, 1.807) is 13.8 Å². The second-order valence-corrected chi connectivity index (χ2v) is 11.3. The summed E-state index contributed by atoms with van der Waals surface area (Å²) in [5.41, 5.74) is -1.62. The summed E-state index contributed by atoms with van der Waals surface area (Å²) in [4.78, 5) is 47.9. The lowest BCUT2D eigenvalue weighted by Crippen LogP contribution is -2.42. The van der Waals surface area contributed by atoms with Crippen LogP contribution in [0.5, 0.6) is 0 Å². The minimum Gasteiger partial charge on any atom is -0.468 e. The Hall–Kier alpha value is -1.14. The van der Waals surface area contributed by atoms with Gasteiger partial charge in [-0.05, 0) is 18.9 Å². The predicted molar refractivity (Wildman–Crippen MR) is 111 cm³/mol. The lowest BCUT2D eigenvalue weighted by Gasteiger charge is -2.12. The van der Waals surface area contributed by atoms with Gasteiger partial charge >= 0.3 is 20.5 Å². The highest BCUT2D eigenvalue weighted by molar-refractivity contribution is 9.69. The van der Waals surface area contributed by atoms with Crippen LogP contribution in [0.2, 0.25) is 0 Å². The third kappa shape index (κ3) is 5.43. The van der Waals surface area contributed by atoms with E-state index in [0.717, 1.165) is 9.13 Å². The van der Waals surface area contributed by atoms with Crippen LogP contribution in [0.15, 0.2) is 24.9 Å². The van der Waals surface area contributed by atoms with Gasteiger partial charge in [0.25, 0.3) is 5.56 Å². The van der Waals surface area contributed by atoms with Crippen molar-refractivity contribution in [3.05, 3.63) is 42.9 Å². The van der Waals surface area contributed by atoms with Gasteiger partial charge in [-0.3, -0.25) is 14.2 Å². The van der Waals surface area contributed by atoms with Gasteiger partial charge in [-0.25, -0.2) is 14.2 Å². The van der Waals surface area contributed by atoms with E-state index in [0.29, 0.717) is 12.0 Å². The molecule has 0 aliphatic rings. The first kappa shape index (κ1) is 22.9. The topological polar surface area (TPSA) is 101 Å². The smallest absolute Gasteiger partial charge is 0.369 e. The fourth-order valence-corrected chi connectivity index (χ4v) is 2.29. The average molecular weight is 559 g/mol. The summed E-state index contributed by atoms with van der Waals surface area (Å²) in [6, 6.07) is 1.22. The Labute approximate surface area is 173 Å². The van der Waals surface area contributed by atoms with E-state index in [1.165, 1.54) is 13.2 Å². The zero-order valence-corrected chi connectivity index (χ0v) is 19.0. The van der Waals surface area contributed by atoms with E-state index in [1.807, 2.05) is 0 Å². The van der Waals surface area contributed by atoms with E-state index >= 15 is 0 Å². The number of nitrogens with zero attached hydrogens (tertiary/aromatic N) is 2. The lowest BCUT2D eigenvalue weighted by molar-refractivity contribution is -0.141. The number of hydrogen-bond acceptors (Lipinski definition) is 6. The highest BCUT2D eigenvalue weighted by Crippen LogP contribution is 2.12. The van der Waals surface area contributed by atoms with Crippen LogP contribution in [0, 0.1) is 0 Å². The molecule has 0 bridgehead atoms. The zero-order chi connectivity index (χ0) is 20.0. The maximum atomic E-state index is 12.5. The van der Waals surface area contributed by atoms with Gasteiger partial charge in [0.2, 0.25) is 5.71 Å². The summed E-state index contributed by atoms with van der Waals surface area (Å²) in [6.45, 7) is 3.14. The molecule has 2 heterocycles. The number of esters is 1. The standard InChI is InChI=1S/C14H16N2O6.BBr3/c1-4-8-6-9(17)22-13-11(8)12(19)16(7-10(18)21-3)14(20)15(13)5-2;2-1(3)4/h6H,4-5,7H2,1-3H3;. The molecule has 0 spiro atoms. The first-order chi connectivity index (χ1) is 12.2. The van der Waals surface area contributed by atoms with Gasteiger partial charge in [0.05, 0.1) is 7.11 Å². The van der Waals surface area contributed by atoms with Crippen LogP contribution >= 0.6 is 47.3 Å². The Bertz CT molecular complexity index is 963. The third-order valence-corrected chi connectivity index (χ3v) is 3.40. The number of fused-ring (bicyclic) bond motifs is 1. The van der Waals surface area contributed by atoms with Crippen molar-refractivity contribution in [2.24, 2.45) is 0 Å². The molecule has 0 aromatic carbocycles. The van der Waals surface area contributed by atoms with Crippen molar-refractivity contribution < 1.29 is 13.9 Å². The largest absolute Gasteiger partial charge is 0.468 e. The van der Waals surface area contributed by atoms with Crippen molar-refractivity contribution in [2.75, 3.05) is 7.11 Å². The molecule has 0 aliphatic carbocycles. The summed E-state index contributed by atoms with van der Waals surface area (Å²) < 4.78 is 11.8. The van der Waals surface area contributed by atoms with Crippen LogP contribution in [-0.2, 0) is 29.0 Å². The highest BCUT2D eigenvalue weighted by atomic mass is 79.9. The monoisotopic (exact) mass is 556 g/mol. The van der Waals surface area contributed by atoms with E-state index in [-0.39, 0.29) is 20.8 Å². The molecule has 142 valence electrons. The van der Waals surface area contributed by atoms with Crippen LogP contribution in [0.1, 0.15) is 19.4 Å². The van der Waals surface area contributed by atoms with Gasteiger partial charge in [0.1, 0.15) is 11.9 Å². The second-order valence-electron chi connectivity index (χ2n) is 4.87. The summed E-state index contributed by atoms with van der Waals surface area (Å²) in [5.74, 6) is -0.711. The van der Waals surface area contributed by atoms with Crippen LogP contribution in [-0.4, -0.2) is 25.4 Å². The maximum absolute atomic E-state index is 12.5. The van der Waals surface area contributed by atoms with E-state index in [4.69, 9.17) is 4.42 Å². The molecule has 0 saturated carbocycles. The molecular weight excluding hydrogens is 543 g/mol. The summed E-state index contributed by atoms with van der Waals surface area (Å²) in [5, 5.41) is 0.132. The lowest BCUT2D eigenvalue weighted by atomic mass is 10.1. The number of hydrogen-bond donors (Lipinski definition) is 0. The molecule has 0 saturated heterocycles. The fraction of sp³-hybridized carbons (Fsp3) is 0.429. The van der Waals surface area contributed by atoms with Gasteiger partial charge < -0.3 is 9.15 Å². The fourth-order valence-electron chi connectivity index (χ4n) is 2.29. The normalized spacial score (nSPS) is 10.2. The number of carbonyl (C=O) groups excluding carboxylic acids is 1. The molecule has 2 rings (SSSR count). The van der Waals surface area contributed by atoms with Crippen LogP contribution < -0.4 is 16.9 Å². The SMILES string of the molecule is BrB(Br)Br.CCc1cc(=O)oc2c1c(=O)n(CC(=O)OC)c(=O)n2CC. The number of methoxy groups -OCH3 is 1. The summed E-state index contributed by atoms with van der Waals surface area (Å²) in [7, 11) is 1.17. The molecule has 2 aromatic heterocycles. The predicted octanol–water partition coefficient (Wildman–Crippen LogP) is 2.03. The molecule has 0 N–H and O–H groups in total. The minimum atomic E-state index is -0.721. The minimum absolute atomic E-state index is 0.0667. The van der Waals surface area contributed by atoms with E-state index < -0.39 is 29.4 Å². The van der Waals surface area contributed by atoms with Gasteiger partial charge in [0.15, 0.2) is 0 Å². The highest BCUT2D eigenvalue weighted by Gasteiger charge is 2.19. The number of ether oxygens (including phenoxy) is 1. The molecule has 0 fully saturated rings. The van der Waals surface area contributed by atoms with Gasteiger partial charge in [-0.1, -0.05) is 6.92 Å². The molecule has 0 amide bonds. The van der Waals surface area contributed by atoms with Crippen LogP contribution in [0.3, 0.4) is 0 Å². The first-order valence-corrected chi connectivity index (χ1v) is 10.2. The van der Waals surface area contributed by atoms with Gasteiger partial charge in [0, 0.05) is 12.6 Å². The van der Waals surface area contributed by atoms with Crippen LogP contribution in [0.25, 0.3) is 11.1 Å². The molecule has 0 radical (unpaired) electrons. The van der Waals surface area contributed by atoms with Gasteiger partial charge in [-0.15, -0.1) is 47.3 Å². The van der Waals surface area contributed by atoms with Crippen molar-refractivity contribution >= 4 is 67.5 Å². The molecule has 26 heavy (non-hydrogen) atoms. The average Bonchev–Trinajstić information content (AvgIpc) is 2.57. The van der Waals surface area contributed by atoms with Crippen molar-refractivity contribution in [3.8, 4) is 0 Å². The molecule has 0 atom stereocenters. The number of halogens is 3. The van der Waals surface area contributed by atoms with Crippen molar-refractivity contribution in [1.82, 2.24) is 9.13 Å². The number of rotatable bonds is 4. The molecule has 2 aromatic rings. The summed E-state index contributed by atoms with van der Waals surface area (Å²) in [6.07, 6.45) is 0.414. The zero-order valence-electron chi connectivity index (χ0n) is 14.3.